The molecule has 0 saturated carbocycles. The monoisotopic (exact) mass is 421 g/mol. The molecule has 1 saturated heterocycles. The number of fused-ring (bicyclic) bond motifs is 1. The molecule has 7 nitrogen and oxygen atoms in total. The second kappa shape index (κ2) is 9.12. The number of hydrogen-bond donors (Lipinski definition) is 1. The van der Waals surface area contributed by atoms with Crippen LogP contribution in [0.25, 0.3) is 10.9 Å². The fourth-order valence-corrected chi connectivity index (χ4v) is 3.85. The highest BCUT2D eigenvalue weighted by Gasteiger charge is 2.22. The number of pyridine rings is 1. The number of carbonyl (C=O) groups excluding carboxylic acids is 1. The number of ether oxygens (including phenoxy) is 3. The van der Waals surface area contributed by atoms with Crippen molar-refractivity contribution in [3.8, 4) is 17.2 Å². The van der Waals surface area contributed by atoms with Crippen LogP contribution in [0.1, 0.15) is 29.8 Å². The van der Waals surface area contributed by atoms with Gasteiger partial charge in [-0.2, -0.15) is 0 Å². The molecule has 1 aromatic heterocycles. The van der Waals surface area contributed by atoms with Crippen molar-refractivity contribution in [2.75, 3.05) is 39.7 Å². The molecule has 4 rings (SSSR count). The molecule has 31 heavy (non-hydrogen) atoms. The molecule has 162 valence electrons. The van der Waals surface area contributed by atoms with Crippen LogP contribution in [0.5, 0.6) is 17.2 Å². The highest BCUT2D eigenvalue weighted by Crippen LogP contribution is 2.36. The number of likely N-dealkylation sites (tertiary alicyclic amines) is 1. The van der Waals surface area contributed by atoms with Crippen LogP contribution in [-0.2, 0) is 0 Å². The van der Waals surface area contributed by atoms with Gasteiger partial charge in [0.2, 0.25) is 0 Å². The van der Waals surface area contributed by atoms with Crippen molar-refractivity contribution in [2.24, 2.45) is 0 Å². The van der Waals surface area contributed by atoms with Crippen LogP contribution in [0, 0.1) is 0 Å². The normalized spacial score (nSPS) is 13.7. The van der Waals surface area contributed by atoms with Gasteiger partial charge in [0, 0.05) is 30.2 Å². The summed E-state index contributed by atoms with van der Waals surface area (Å²) in [5.74, 6) is 1.90. The van der Waals surface area contributed by atoms with Crippen molar-refractivity contribution >= 4 is 28.2 Å². The van der Waals surface area contributed by atoms with Crippen LogP contribution in [0.4, 0.5) is 11.4 Å². The predicted molar refractivity (Wildman–Crippen MR) is 121 cm³/mol. The SMILES string of the molecule is COc1ccc(Nc2cc(C(=O)N3CCCCC3)nc3cc(OC)c(OC)cc23)cc1. The Balaban J connectivity index is 1.80. The Morgan fingerprint density at radius 1 is 0.903 bits per heavy atom. The molecule has 1 aliphatic rings. The molecule has 0 bridgehead atoms. The van der Waals surface area contributed by atoms with E-state index in [1.165, 1.54) is 0 Å². The van der Waals surface area contributed by atoms with E-state index in [9.17, 15) is 4.79 Å². The minimum Gasteiger partial charge on any atom is -0.497 e. The number of rotatable bonds is 6. The minimum atomic E-state index is -0.0471. The smallest absolute Gasteiger partial charge is 0.272 e. The van der Waals surface area contributed by atoms with E-state index in [2.05, 4.69) is 10.3 Å². The van der Waals surface area contributed by atoms with E-state index < -0.39 is 0 Å². The number of hydrogen-bond acceptors (Lipinski definition) is 6. The van der Waals surface area contributed by atoms with E-state index >= 15 is 0 Å². The molecule has 2 aromatic carbocycles. The lowest BCUT2D eigenvalue weighted by molar-refractivity contribution is 0.0719. The summed E-state index contributed by atoms with van der Waals surface area (Å²) >= 11 is 0. The number of piperidine rings is 1. The summed E-state index contributed by atoms with van der Waals surface area (Å²) in [5, 5.41) is 4.26. The fourth-order valence-electron chi connectivity index (χ4n) is 3.85. The minimum absolute atomic E-state index is 0.0471. The maximum absolute atomic E-state index is 13.2. The van der Waals surface area contributed by atoms with Gasteiger partial charge in [0.25, 0.3) is 5.91 Å². The molecular weight excluding hydrogens is 394 g/mol. The van der Waals surface area contributed by atoms with Crippen molar-refractivity contribution in [3.05, 3.63) is 48.2 Å². The third kappa shape index (κ3) is 4.35. The number of benzene rings is 2. The Kier molecular flexibility index (Phi) is 6.11. The highest BCUT2D eigenvalue weighted by molar-refractivity contribution is 6.01. The number of methoxy groups -OCH3 is 3. The van der Waals surface area contributed by atoms with Crippen LogP contribution >= 0.6 is 0 Å². The number of anilines is 2. The van der Waals surface area contributed by atoms with E-state index in [4.69, 9.17) is 14.2 Å². The molecule has 7 heteroatoms. The lowest BCUT2D eigenvalue weighted by atomic mass is 10.1. The first-order chi connectivity index (χ1) is 15.1. The van der Waals surface area contributed by atoms with Gasteiger partial charge in [-0.05, 0) is 55.7 Å². The van der Waals surface area contributed by atoms with Crippen molar-refractivity contribution in [1.29, 1.82) is 0 Å². The topological polar surface area (TPSA) is 72.9 Å². The van der Waals surface area contributed by atoms with Gasteiger partial charge >= 0.3 is 0 Å². The third-order valence-corrected chi connectivity index (χ3v) is 5.55. The summed E-state index contributed by atoms with van der Waals surface area (Å²) < 4.78 is 16.2. The van der Waals surface area contributed by atoms with Crippen molar-refractivity contribution in [2.45, 2.75) is 19.3 Å². The molecule has 1 aliphatic heterocycles. The van der Waals surface area contributed by atoms with Crippen molar-refractivity contribution < 1.29 is 19.0 Å². The van der Waals surface area contributed by atoms with E-state index in [0.717, 1.165) is 54.9 Å². The summed E-state index contributed by atoms with van der Waals surface area (Å²) in [6.07, 6.45) is 3.22. The molecule has 0 aliphatic carbocycles. The predicted octanol–water partition coefficient (Wildman–Crippen LogP) is 4.63. The summed E-state index contributed by atoms with van der Waals surface area (Å²) in [6, 6.07) is 13.1. The average molecular weight is 421 g/mol. The second-order valence-electron chi connectivity index (χ2n) is 7.49. The number of amides is 1. The summed E-state index contributed by atoms with van der Waals surface area (Å²) in [5.41, 5.74) is 2.73. The molecule has 0 atom stereocenters. The summed E-state index contributed by atoms with van der Waals surface area (Å²) in [6.45, 7) is 1.54. The summed E-state index contributed by atoms with van der Waals surface area (Å²) in [4.78, 5) is 19.7. The highest BCUT2D eigenvalue weighted by atomic mass is 16.5. The molecule has 1 fully saturated rings. The molecule has 0 radical (unpaired) electrons. The van der Waals surface area contributed by atoms with Crippen LogP contribution in [-0.4, -0.2) is 50.2 Å². The van der Waals surface area contributed by atoms with Crippen LogP contribution in [0.2, 0.25) is 0 Å². The Bertz CT molecular complexity index is 1080. The van der Waals surface area contributed by atoms with Crippen LogP contribution in [0.15, 0.2) is 42.5 Å². The molecule has 1 N–H and O–H groups in total. The van der Waals surface area contributed by atoms with Gasteiger partial charge in [0.1, 0.15) is 11.4 Å². The summed E-state index contributed by atoms with van der Waals surface area (Å²) in [7, 11) is 4.82. The van der Waals surface area contributed by atoms with E-state index in [1.807, 2.05) is 41.3 Å². The van der Waals surface area contributed by atoms with E-state index in [-0.39, 0.29) is 5.91 Å². The molecule has 0 unspecified atom stereocenters. The molecular formula is C24H27N3O4. The zero-order chi connectivity index (χ0) is 21.8. The number of nitrogens with zero attached hydrogens (tertiary/aromatic N) is 2. The first-order valence-electron chi connectivity index (χ1n) is 10.4. The van der Waals surface area contributed by atoms with Crippen LogP contribution < -0.4 is 19.5 Å². The third-order valence-electron chi connectivity index (χ3n) is 5.55. The van der Waals surface area contributed by atoms with Gasteiger partial charge in [-0.3, -0.25) is 4.79 Å². The maximum Gasteiger partial charge on any atom is 0.272 e. The second-order valence-corrected chi connectivity index (χ2v) is 7.49. The van der Waals surface area contributed by atoms with Gasteiger partial charge in [0.15, 0.2) is 11.5 Å². The Labute approximate surface area is 181 Å². The lowest BCUT2D eigenvalue weighted by Gasteiger charge is -2.26. The maximum atomic E-state index is 13.2. The van der Waals surface area contributed by atoms with Gasteiger partial charge in [-0.1, -0.05) is 0 Å². The Morgan fingerprint density at radius 2 is 1.58 bits per heavy atom. The van der Waals surface area contributed by atoms with Gasteiger partial charge < -0.3 is 24.4 Å². The average Bonchev–Trinajstić information content (AvgIpc) is 2.83. The number of aromatic nitrogens is 1. The van der Waals surface area contributed by atoms with Crippen molar-refractivity contribution in [1.82, 2.24) is 9.88 Å². The molecule has 3 aromatic rings. The zero-order valence-electron chi connectivity index (χ0n) is 18.1. The van der Waals surface area contributed by atoms with E-state index in [0.29, 0.717) is 22.7 Å². The quantitative estimate of drug-likeness (QED) is 0.626. The largest absolute Gasteiger partial charge is 0.497 e. The number of nitrogens with one attached hydrogen (secondary N) is 1. The first kappa shape index (κ1) is 20.8. The first-order valence-corrected chi connectivity index (χ1v) is 10.4. The fraction of sp³-hybridized carbons (Fsp3) is 0.333. The van der Waals surface area contributed by atoms with Crippen molar-refractivity contribution in [3.63, 3.8) is 0 Å². The van der Waals surface area contributed by atoms with Crippen LogP contribution in [0.3, 0.4) is 0 Å². The van der Waals surface area contributed by atoms with Gasteiger partial charge in [0.05, 0.1) is 32.5 Å². The standard InChI is InChI=1S/C24H27N3O4/c1-29-17-9-7-16(8-10-17)25-19-14-21(24(28)27-11-5-4-6-12-27)26-20-15-23(31-3)22(30-2)13-18(19)20/h7-10,13-15H,4-6,11-12H2,1-3H3,(H,25,26). The zero-order valence-corrected chi connectivity index (χ0v) is 18.1. The Hall–Kier alpha value is -3.48. The number of carbonyl (C=O) groups is 1. The van der Waals surface area contributed by atoms with E-state index in [1.54, 1.807) is 27.4 Å². The molecule has 1 amide bonds. The Morgan fingerprint density at radius 3 is 2.23 bits per heavy atom. The molecule has 2 heterocycles. The lowest BCUT2D eigenvalue weighted by Crippen LogP contribution is -2.36. The molecule has 0 spiro atoms. The van der Waals surface area contributed by atoms with Gasteiger partial charge in [-0.25, -0.2) is 4.98 Å². The van der Waals surface area contributed by atoms with Gasteiger partial charge in [-0.15, -0.1) is 0 Å².